The Labute approximate surface area is 108 Å². The van der Waals surface area contributed by atoms with E-state index in [-0.39, 0.29) is 17.6 Å². The van der Waals surface area contributed by atoms with Crippen LogP contribution in [0.3, 0.4) is 0 Å². The van der Waals surface area contributed by atoms with Gasteiger partial charge in [0.2, 0.25) is 5.91 Å². The molecule has 5 heteroatoms. The molecule has 0 unspecified atom stereocenters. The molecule has 0 aromatic heterocycles. The van der Waals surface area contributed by atoms with Crippen molar-refractivity contribution in [2.24, 2.45) is 11.7 Å². The van der Waals surface area contributed by atoms with E-state index in [9.17, 15) is 9.18 Å². The zero-order chi connectivity index (χ0) is 12.4. The molecule has 0 radical (unpaired) electrons. The Balaban J connectivity index is 2.00. The summed E-state index contributed by atoms with van der Waals surface area (Å²) >= 11 is 3.34. The number of likely N-dealkylation sites (tertiary alicyclic amines) is 1. The maximum absolute atomic E-state index is 12.9. The molecule has 2 rings (SSSR count). The monoisotopic (exact) mass is 300 g/mol. The zero-order valence-electron chi connectivity index (χ0n) is 9.33. The van der Waals surface area contributed by atoms with Gasteiger partial charge in [-0.05, 0) is 30.7 Å². The Morgan fingerprint density at radius 2 is 2.35 bits per heavy atom. The summed E-state index contributed by atoms with van der Waals surface area (Å²) in [5.41, 5.74) is 6.30. The molecular weight excluding hydrogens is 287 g/mol. The van der Waals surface area contributed by atoms with E-state index in [1.807, 2.05) is 0 Å². The molecule has 1 aromatic rings. The fraction of sp³-hybridized carbons (Fsp3) is 0.417. The maximum atomic E-state index is 12.9. The summed E-state index contributed by atoms with van der Waals surface area (Å²) in [4.78, 5) is 13.2. The topological polar surface area (TPSA) is 46.3 Å². The van der Waals surface area contributed by atoms with Crippen LogP contribution in [0.2, 0.25) is 0 Å². The van der Waals surface area contributed by atoms with Crippen LogP contribution in [0.5, 0.6) is 0 Å². The molecule has 1 aliphatic heterocycles. The van der Waals surface area contributed by atoms with Gasteiger partial charge in [0.25, 0.3) is 0 Å². The molecule has 1 saturated heterocycles. The van der Waals surface area contributed by atoms with Crippen molar-refractivity contribution in [3.05, 3.63) is 34.1 Å². The number of rotatable bonds is 3. The third-order valence-corrected chi connectivity index (χ3v) is 3.82. The Morgan fingerprint density at radius 3 is 2.94 bits per heavy atom. The molecule has 3 nitrogen and oxygen atoms in total. The highest BCUT2D eigenvalue weighted by molar-refractivity contribution is 9.10. The number of amides is 1. The van der Waals surface area contributed by atoms with Crippen LogP contribution in [-0.2, 0) is 11.3 Å². The molecule has 1 atom stereocenters. The molecule has 1 aromatic carbocycles. The van der Waals surface area contributed by atoms with Crippen LogP contribution in [0, 0.1) is 11.7 Å². The Morgan fingerprint density at radius 1 is 1.59 bits per heavy atom. The minimum absolute atomic E-state index is 0.0470. The number of carbonyl (C=O) groups is 1. The van der Waals surface area contributed by atoms with Gasteiger partial charge in [0.1, 0.15) is 5.82 Å². The average Bonchev–Trinajstić information content (AvgIpc) is 2.71. The molecule has 92 valence electrons. The largest absolute Gasteiger partial charge is 0.369 e. The number of primary amides is 1. The quantitative estimate of drug-likeness (QED) is 0.927. The molecule has 1 aliphatic rings. The fourth-order valence-electron chi connectivity index (χ4n) is 2.10. The predicted octanol–water partition coefficient (Wildman–Crippen LogP) is 1.90. The van der Waals surface area contributed by atoms with Crippen molar-refractivity contribution in [2.75, 3.05) is 13.1 Å². The molecule has 0 bridgehead atoms. The van der Waals surface area contributed by atoms with Crippen molar-refractivity contribution in [2.45, 2.75) is 13.0 Å². The number of hydrogen-bond acceptors (Lipinski definition) is 2. The maximum Gasteiger partial charge on any atom is 0.221 e. The molecule has 0 aliphatic carbocycles. The highest BCUT2D eigenvalue weighted by Crippen LogP contribution is 2.23. The average molecular weight is 301 g/mol. The SMILES string of the molecule is NC(=O)[C@@H]1CCN(Cc2ccc(F)cc2Br)C1. The summed E-state index contributed by atoms with van der Waals surface area (Å²) in [6.07, 6.45) is 0.814. The smallest absolute Gasteiger partial charge is 0.221 e. The predicted molar refractivity (Wildman–Crippen MR) is 66.7 cm³/mol. The van der Waals surface area contributed by atoms with Gasteiger partial charge < -0.3 is 5.73 Å². The minimum atomic E-state index is -0.253. The van der Waals surface area contributed by atoms with Gasteiger partial charge in [-0.3, -0.25) is 9.69 Å². The van der Waals surface area contributed by atoms with Gasteiger partial charge in [0.05, 0.1) is 5.92 Å². The van der Waals surface area contributed by atoms with Gasteiger partial charge >= 0.3 is 0 Å². The Bertz CT molecular complexity index is 439. The number of hydrogen-bond donors (Lipinski definition) is 1. The molecular formula is C12H14BrFN2O. The van der Waals surface area contributed by atoms with Crippen molar-refractivity contribution >= 4 is 21.8 Å². The summed E-state index contributed by atoms with van der Waals surface area (Å²) < 4.78 is 13.7. The number of halogens is 2. The lowest BCUT2D eigenvalue weighted by Gasteiger charge is -2.16. The van der Waals surface area contributed by atoms with Gasteiger partial charge in [-0.1, -0.05) is 22.0 Å². The van der Waals surface area contributed by atoms with E-state index >= 15 is 0 Å². The first-order chi connectivity index (χ1) is 8.06. The number of benzene rings is 1. The lowest BCUT2D eigenvalue weighted by molar-refractivity contribution is -0.121. The highest BCUT2D eigenvalue weighted by atomic mass is 79.9. The first kappa shape index (κ1) is 12.5. The van der Waals surface area contributed by atoms with Crippen LogP contribution in [0.4, 0.5) is 4.39 Å². The minimum Gasteiger partial charge on any atom is -0.369 e. The summed E-state index contributed by atoms with van der Waals surface area (Å²) in [5.74, 6) is -0.531. The molecule has 1 heterocycles. The van der Waals surface area contributed by atoms with Crippen LogP contribution in [0.1, 0.15) is 12.0 Å². The standard InChI is InChI=1S/C12H14BrFN2O/c13-11-5-10(14)2-1-8(11)6-16-4-3-9(7-16)12(15)17/h1-2,5,9H,3-4,6-7H2,(H2,15,17)/t9-/m1/s1. The van der Waals surface area contributed by atoms with E-state index in [4.69, 9.17) is 5.73 Å². The van der Waals surface area contributed by atoms with Crippen molar-refractivity contribution in [1.29, 1.82) is 0 Å². The van der Waals surface area contributed by atoms with Crippen molar-refractivity contribution in [3.8, 4) is 0 Å². The van der Waals surface area contributed by atoms with Gasteiger partial charge in [0, 0.05) is 17.6 Å². The molecule has 2 N–H and O–H groups in total. The van der Waals surface area contributed by atoms with E-state index in [2.05, 4.69) is 20.8 Å². The van der Waals surface area contributed by atoms with Crippen molar-refractivity contribution in [3.63, 3.8) is 0 Å². The van der Waals surface area contributed by atoms with E-state index in [1.165, 1.54) is 12.1 Å². The summed E-state index contributed by atoms with van der Waals surface area (Å²) in [5, 5.41) is 0. The van der Waals surface area contributed by atoms with Crippen LogP contribution < -0.4 is 5.73 Å². The number of nitrogens with two attached hydrogens (primary N) is 1. The van der Waals surface area contributed by atoms with E-state index in [0.717, 1.165) is 23.0 Å². The van der Waals surface area contributed by atoms with Crippen LogP contribution in [0.15, 0.2) is 22.7 Å². The summed E-state index contributed by atoms with van der Waals surface area (Å²) in [6.45, 7) is 2.27. The van der Waals surface area contributed by atoms with Gasteiger partial charge in [0.15, 0.2) is 0 Å². The molecule has 1 fully saturated rings. The molecule has 0 spiro atoms. The normalized spacial score (nSPS) is 20.7. The second kappa shape index (κ2) is 5.14. The molecule has 17 heavy (non-hydrogen) atoms. The molecule has 1 amide bonds. The van der Waals surface area contributed by atoms with Gasteiger partial charge in [-0.2, -0.15) is 0 Å². The second-order valence-corrected chi connectivity index (χ2v) is 5.21. The van der Waals surface area contributed by atoms with Crippen molar-refractivity contribution < 1.29 is 9.18 Å². The van der Waals surface area contributed by atoms with Crippen molar-refractivity contribution in [1.82, 2.24) is 4.90 Å². The molecule has 0 saturated carbocycles. The number of carbonyl (C=O) groups excluding carboxylic acids is 1. The van der Waals surface area contributed by atoms with E-state index in [0.29, 0.717) is 13.1 Å². The lowest BCUT2D eigenvalue weighted by Crippen LogP contribution is -2.27. The van der Waals surface area contributed by atoms with Gasteiger partial charge in [-0.25, -0.2) is 4.39 Å². The second-order valence-electron chi connectivity index (χ2n) is 4.36. The highest BCUT2D eigenvalue weighted by Gasteiger charge is 2.26. The third-order valence-electron chi connectivity index (χ3n) is 3.08. The Kier molecular flexibility index (Phi) is 3.79. The lowest BCUT2D eigenvalue weighted by atomic mass is 10.1. The van der Waals surface area contributed by atoms with E-state index < -0.39 is 0 Å². The van der Waals surface area contributed by atoms with Gasteiger partial charge in [-0.15, -0.1) is 0 Å². The zero-order valence-corrected chi connectivity index (χ0v) is 10.9. The first-order valence-electron chi connectivity index (χ1n) is 5.52. The number of nitrogens with zero attached hydrogens (tertiary/aromatic N) is 1. The summed E-state index contributed by atoms with van der Waals surface area (Å²) in [6, 6.07) is 4.66. The fourth-order valence-corrected chi connectivity index (χ4v) is 2.58. The third kappa shape index (κ3) is 3.04. The first-order valence-corrected chi connectivity index (χ1v) is 6.31. The Hall–Kier alpha value is -0.940. The van der Waals surface area contributed by atoms with E-state index in [1.54, 1.807) is 6.07 Å². The van der Waals surface area contributed by atoms with Crippen LogP contribution in [0.25, 0.3) is 0 Å². The van der Waals surface area contributed by atoms with Crippen LogP contribution >= 0.6 is 15.9 Å². The summed E-state index contributed by atoms with van der Waals surface area (Å²) in [7, 11) is 0. The van der Waals surface area contributed by atoms with Crippen LogP contribution in [-0.4, -0.2) is 23.9 Å².